The quantitative estimate of drug-likeness (QED) is 0.678. The molecular weight excluding hydrogens is 366 g/mol. The van der Waals surface area contributed by atoms with Crippen molar-refractivity contribution in [2.75, 3.05) is 20.3 Å². The molecule has 0 saturated carbocycles. The molecule has 1 aliphatic rings. The molecular formula is C23H25N3O3. The highest BCUT2D eigenvalue weighted by atomic mass is 16.5. The number of hydrogen-bond donors (Lipinski definition) is 0. The molecule has 0 spiro atoms. The van der Waals surface area contributed by atoms with Crippen molar-refractivity contribution in [1.29, 1.82) is 0 Å². The molecule has 1 aromatic heterocycles. The maximum Gasteiger partial charge on any atom is 0.257 e. The molecule has 0 N–H and O–H groups in total. The number of fused-ring (bicyclic) bond motifs is 1. The highest BCUT2D eigenvalue weighted by Crippen LogP contribution is 2.35. The second kappa shape index (κ2) is 7.99. The minimum atomic E-state index is -0.0662. The zero-order valence-electron chi connectivity index (χ0n) is 17.0. The Bertz CT molecular complexity index is 1040. The predicted octanol–water partition coefficient (Wildman–Crippen LogP) is 3.83. The van der Waals surface area contributed by atoms with Crippen LogP contribution in [0.15, 0.2) is 48.7 Å². The summed E-state index contributed by atoms with van der Waals surface area (Å²) in [7, 11) is 3.64. The number of aromatic nitrogens is 2. The smallest absolute Gasteiger partial charge is 0.257 e. The van der Waals surface area contributed by atoms with Crippen molar-refractivity contribution < 1.29 is 14.3 Å². The highest BCUT2D eigenvalue weighted by Gasteiger charge is 2.22. The second-order valence-electron chi connectivity index (χ2n) is 7.36. The topological polar surface area (TPSA) is 56.6 Å². The fourth-order valence-corrected chi connectivity index (χ4v) is 3.49. The van der Waals surface area contributed by atoms with Gasteiger partial charge in [-0.3, -0.25) is 9.48 Å². The third-order valence-corrected chi connectivity index (χ3v) is 5.10. The molecule has 0 unspecified atom stereocenters. The van der Waals surface area contributed by atoms with Gasteiger partial charge in [0.05, 0.1) is 18.8 Å². The van der Waals surface area contributed by atoms with Crippen molar-refractivity contribution in [2.45, 2.75) is 19.9 Å². The summed E-state index contributed by atoms with van der Waals surface area (Å²) < 4.78 is 13.2. The Kier molecular flexibility index (Phi) is 5.25. The molecule has 6 nitrogen and oxygen atoms in total. The molecule has 0 saturated heterocycles. The average Bonchev–Trinajstić information content (AvgIpc) is 2.95. The lowest BCUT2D eigenvalue weighted by molar-refractivity contribution is 0.0785. The number of nitrogens with zero attached hydrogens (tertiary/aromatic N) is 3. The summed E-state index contributed by atoms with van der Waals surface area (Å²) in [4.78, 5) is 15.0. The molecule has 3 aromatic rings. The Morgan fingerprint density at radius 2 is 1.90 bits per heavy atom. The summed E-state index contributed by atoms with van der Waals surface area (Å²) in [5.74, 6) is 1.35. The molecule has 1 amide bonds. The summed E-state index contributed by atoms with van der Waals surface area (Å²) in [6.45, 7) is 3.86. The van der Waals surface area contributed by atoms with Crippen LogP contribution in [0, 0.1) is 6.92 Å². The molecule has 6 heteroatoms. The number of amides is 1. The van der Waals surface area contributed by atoms with Gasteiger partial charge in [-0.05, 0) is 36.2 Å². The van der Waals surface area contributed by atoms with E-state index < -0.39 is 0 Å². The molecule has 0 fully saturated rings. The summed E-state index contributed by atoms with van der Waals surface area (Å²) in [5, 5.41) is 4.55. The number of carbonyl (C=O) groups excluding carboxylic acids is 1. The van der Waals surface area contributed by atoms with Gasteiger partial charge in [-0.15, -0.1) is 0 Å². The number of ether oxygens (including phenoxy) is 2. The fourth-order valence-electron chi connectivity index (χ4n) is 3.49. The lowest BCUT2D eigenvalue weighted by Crippen LogP contribution is -2.26. The monoisotopic (exact) mass is 391 g/mol. The van der Waals surface area contributed by atoms with E-state index >= 15 is 0 Å². The van der Waals surface area contributed by atoms with Gasteiger partial charge in [0.2, 0.25) is 0 Å². The van der Waals surface area contributed by atoms with Crippen LogP contribution in [0.4, 0.5) is 0 Å². The van der Waals surface area contributed by atoms with Crippen LogP contribution >= 0.6 is 0 Å². The van der Waals surface area contributed by atoms with Crippen molar-refractivity contribution in [3.8, 4) is 22.8 Å². The van der Waals surface area contributed by atoms with Gasteiger partial charge in [-0.2, -0.15) is 5.10 Å². The molecule has 2 heterocycles. The van der Waals surface area contributed by atoms with E-state index in [0.29, 0.717) is 36.8 Å². The van der Waals surface area contributed by atoms with E-state index in [1.54, 1.807) is 15.8 Å². The van der Waals surface area contributed by atoms with E-state index in [9.17, 15) is 4.79 Å². The van der Waals surface area contributed by atoms with Crippen LogP contribution in [0.1, 0.15) is 27.9 Å². The van der Waals surface area contributed by atoms with Crippen LogP contribution in [0.3, 0.4) is 0 Å². The maximum absolute atomic E-state index is 13.2. The van der Waals surface area contributed by atoms with E-state index in [1.165, 1.54) is 5.56 Å². The number of aryl methyl sites for hydroxylation is 2. The number of benzene rings is 2. The van der Waals surface area contributed by atoms with Crippen molar-refractivity contribution in [3.63, 3.8) is 0 Å². The minimum absolute atomic E-state index is 0.0662. The fraction of sp³-hybridized carbons (Fsp3) is 0.304. The van der Waals surface area contributed by atoms with Gasteiger partial charge in [0, 0.05) is 38.8 Å². The molecule has 0 bridgehead atoms. The first-order chi connectivity index (χ1) is 14.0. The standard InChI is InChI=1S/C23H25N3O3/c1-16-7-4-5-8-18(16)14-25(2)23(27)19-15-26(3)24-22(19)17-9-10-20-21(13-17)29-12-6-11-28-20/h4-5,7-10,13,15H,6,11-12,14H2,1-3H3. The Labute approximate surface area is 170 Å². The van der Waals surface area contributed by atoms with Crippen molar-refractivity contribution in [3.05, 3.63) is 65.4 Å². The lowest BCUT2D eigenvalue weighted by atomic mass is 10.1. The van der Waals surface area contributed by atoms with Crippen LogP contribution < -0.4 is 9.47 Å². The first-order valence-corrected chi connectivity index (χ1v) is 9.76. The number of carbonyl (C=O) groups is 1. The first-order valence-electron chi connectivity index (χ1n) is 9.76. The van der Waals surface area contributed by atoms with E-state index in [1.807, 2.05) is 50.5 Å². The molecule has 0 atom stereocenters. The summed E-state index contributed by atoms with van der Waals surface area (Å²) in [5.41, 5.74) is 4.34. The van der Waals surface area contributed by atoms with Gasteiger partial charge in [0.25, 0.3) is 5.91 Å². The summed E-state index contributed by atoms with van der Waals surface area (Å²) >= 11 is 0. The van der Waals surface area contributed by atoms with Gasteiger partial charge < -0.3 is 14.4 Å². The molecule has 150 valence electrons. The summed E-state index contributed by atoms with van der Waals surface area (Å²) in [6, 6.07) is 13.8. The SMILES string of the molecule is Cc1ccccc1CN(C)C(=O)c1cn(C)nc1-c1ccc2c(c1)OCCCO2. The Morgan fingerprint density at radius 3 is 2.69 bits per heavy atom. The molecule has 1 aliphatic heterocycles. The van der Waals surface area contributed by atoms with E-state index in [-0.39, 0.29) is 5.91 Å². The Balaban J connectivity index is 1.64. The summed E-state index contributed by atoms with van der Waals surface area (Å²) in [6.07, 6.45) is 2.62. The minimum Gasteiger partial charge on any atom is -0.490 e. The molecule has 29 heavy (non-hydrogen) atoms. The van der Waals surface area contributed by atoms with Crippen molar-refractivity contribution in [1.82, 2.24) is 14.7 Å². The number of hydrogen-bond acceptors (Lipinski definition) is 4. The zero-order chi connectivity index (χ0) is 20.4. The van der Waals surface area contributed by atoms with E-state index in [4.69, 9.17) is 9.47 Å². The molecule has 0 radical (unpaired) electrons. The van der Waals surface area contributed by atoms with Crippen LogP contribution in [0.25, 0.3) is 11.3 Å². The maximum atomic E-state index is 13.2. The predicted molar refractivity (Wildman–Crippen MR) is 111 cm³/mol. The van der Waals surface area contributed by atoms with Crippen molar-refractivity contribution in [2.24, 2.45) is 7.05 Å². The first kappa shape index (κ1) is 19.1. The Morgan fingerprint density at radius 1 is 1.14 bits per heavy atom. The Hall–Kier alpha value is -3.28. The normalized spacial score (nSPS) is 13.1. The molecule has 4 rings (SSSR count). The average molecular weight is 391 g/mol. The highest BCUT2D eigenvalue weighted by molar-refractivity contribution is 5.99. The van der Waals surface area contributed by atoms with Gasteiger partial charge in [0.1, 0.15) is 5.69 Å². The lowest BCUT2D eigenvalue weighted by Gasteiger charge is -2.18. The van der Waals surface area contributed by atoms with Gasteiger partial charge >= 0.3 is 0 Å². The van der Waals surface area contributed by atoms with Crippen molar-refractivity contribution >= 4 is 5.91 Å². The second-order valence-corrected chi connectivity index (χ2v) is 7.36. The third-order valence-electron chi connectivity index (χ3n) is 5.10. The molecule has 2 aromatic carbocycles. The van der Waals surface area contributed by atoms with E-state index in [0.717, 1.165) is 23.3 Å². The molecule has 0 aliphatic carbocycles. The zero-order valence-corrected chi connectivity index (χ0v) is 17.0. The van der Waals surface area contributed by atoms with Gasteiger partial charge in [0.15, 0.2) is 11.5 Å². The van der Waals surface area contributed by atoms with E-state index in [2.05, 4.69) is 18.1 Å². The van der Waals surface area contributed by atoms with Gasteiger partial charge in [-0.1, -0.05) is 24.3 Å². The number of rotatable bonds is 4. The van der Waals surface area contributed by atoms with Gasteiger partial charge in [-0.25, -0.2) is 0 Å². The van der Waals surface area contributed by atoms with Crippen LogP contribution in [0.5, 0.6) is 11.5 Å². The van der Waals surface area contributed by atoms with Crippen LogP contribution in [0.2, 0.25) is 0 Å². The van der Waals surface area contributed by atoms with Crippen LogP contribution in [-0.2, 0) is 13.6 Å². The third kappa shape index (κ3) is 3.97. The van der Waals surface area contributed by atoms with Crippen LogP contribution in [-0.4, -0.2) is 40.8 Å². The largest absolute Gasteiger partial charge is 0.490 e.